The van der Waals surface area contributed by atoms with Gasteiger partial charge in [0.2, 0.25) is 5.91 Å². The maximum atomic E-state index is 13.4. The molecule has 0 spiro atoms. The van der Waals surface area contributed by atoms with E-state index in [0.29, 0.717) is 19.6 Å². The molecule has 27 heavy (non-hydrogen) atoms. The lowest BCUT2D eigenvalue weighted by atomic mass is 9.96. The highest BCUT2D eigenvalue weighted by Gasteiger charge is 2.25. The molecule has 1 N–H and O–H groups in total. The first kappa shape index (κ1) is 19.3. The van der Waals surface area contributed by atoms with Crippen LogP contribution in [0, 0.1) is 11.7 Å². The molecule has 0 bridgehead atoms. The van der Waals surface area contributed by atoms with Crippen LogP contribution in [0.4, 0.5) is 10.2 Å². The molecule has 0 aliphatic carbocycles. The predicted octanol–water partition coefficient (Wildman–Crippen LogP) is 2.82. The van der Waals surface area contributed by atoms with Crippen molar-refractivity contribution in [1.82, 2.24) is 15.2 Å². The van der Waals surface area contributed by atoms with Gasteiger partial charge in [-0.2, -0.15) is 0 Å². The fourth-order valence-corrected chi connectivity index (χ4v) is 3.60. The standard InChI is InChI=1S/C21H27FN4O/c1-25(2)20-17(7-4-10-23-20)13-24-21(27)18-8-5-11-26(15-18)14-16-6-3-9-19(22)12-16/h3-4,6-7,9-10,12,18H,5,8,11,13-15H2,1-2H3,(H,24,27). The van der Waals surface area contributed by atoms with Crippen LogP contribution >= 0.6 is 0 Å². The normalized spacial score (nSPS) is 17.5. The number of benzene rings is 1. The lowest BCUT2D eigenvalue weighted by molar-refractivity contribution is -0.126. The van der Waals surface area contributed by atoms with Gasteiger partial charge in [-0.3, -0.25) is 9.69 Å². The number of carbonyl (C=O) groups excluding carboxylic acids is 1. The summed E-state index contributed by atoms with van der Waals surface area (Å²) in [6.45, 7) is 2.79. The van der Waals surface area contributed by atoms with Gasteiger partial charge in [0, 0.05) is 45.5 Å². The number of nitrogens with one attached hydrogen (secondary N) is 1. The molecule has 3 rings (SSSR count). The van der Waals surface area contributed by atoms with Crippen molar-refractivity contribution in [2.24, 2.45) is 5.92 Å². The molecule has 1 fully saturated rings. The summed E-state index contributed by atoms with van der Waals surface area (Å²) in [7, 11) is 3.89. The van der Waals surface area contributed by atoms with Crippen molar-refractivity contribution in [2.75, 3.05) is 32.1 Å². The fraction of sp³-hybridized carbons (Fsp3) is 0.429. The summed E-state index contributed by atoms with van der Waals surface area (Å²) in [4.78, 5) is 21.2. The fourth-order valence-electron chi connectivity index (χ4n) is 3.60. The van der Waals surface area contributed by atoms with Gasteiger partial charge in [-0.15, -0.1) is 0 Å². The minimum atomic E-state index is -0.216. The van der Waals surface area contributed by atoms with Crippen molar-refractivity contribution in [3.8, 4) is 0 Å². The number of hydrogen-bond acceptors (Lipinski definition) is 4. The smallest absolute Gasteiger partial charge is 0.224 e. The van der Waals surface area contributed by atoms with Crippen molar-refractivity contribution in [3.63, 3.8) is 0 Å². The van der Waals surface area contributed by atoms with E-state index in [2.05, 4.69) is 15.2 Å². The Labute approximate surface area is 160 Å². The van der Waals surface area contributed by atoms with E-state index < -0.39 is 0 Å². The molecule has 0 saturated carbocycles. The van der Waals surface area contributed by atoms with Crippen LogP contribution in [0.3, 0.4) is 0 Å². The third kappa shape index (κ3) is 5.26. The number of amides is 1. The Kier molecular flexibility index (Phi) is 6.40. The Bertz CT molecular complexity index is 780. The van der Waals surface area contributed by atoms with Gasteiger partial charge >= 0.3 is 0 Å². The average molecular weight is 370 g/mol. The van der Waals surface area contributed by atoms with Crippen LogP contribution in [-0.2, 0) is 17.9 Å². The minimum absolute atomic E-state index is 0.0354. The molecular formula is C21H27FN4O. The molecule has 1 aliphatic heterocycles. The van der Waals surface area contributed by atoms with Crippen molar-refractivity contribution in [2.45, 2.75) is 25.9 Å². The van der Waals surface area contributed by atoms with Crippen molar-refractivity contribution in [3.05, 3.63) is 59.5 Å². The van der Waals surface area contributed by atoms with Crippen LogP contribution in [0.25, 0.3) is 0 Å². The Morgan fingerprint density at radius 3 is 2.96 bits per heavy atom. The van der Waals surface area contributed by atoms with Gasteiger partial charge in [-0.25, -0.2) is 9.37 Å². The number of pyridine rings is 1. The van der Waals surface area contributed by atoms with Crippen LogP contribution in [0.15, 0.2) is 42.6 Å². The summed E-state index contributed by atoms with van der Waals surface area (Å²) >= 11 is 0. The summed E-state index contributed by atoms with van der Waals surface area (Å²) in [5.41, 5.74) is 1.95. The monoisotopic (exact) mass is 370 g/mol. The molecule has 5 nitrogen and oxygen atoms in total. The van der Waals surface area contributed by atoms with Crippen LogP contribution in [0.5, 0.6) is 0 Å². The number of carbonyl (C=O) groups is 1. The second kappa shape index (κ2) is 8.95. The van der Waals surface area contributed by atoms with Gasteiger partial charge < -0.3 is 10.2 Å². The molecule has 1 aromatic heterocycles. The number of nitrogens with zero attached hydrogens (tertiary/aromatic N) is 3. The maximum absolute atomic E-state index is 13.4. The van der Waals surface area contributed by atoms with Gasteiger partial charge in [0.1, 0.15) is 11.6 Å². The Balaban J connectivity index is 1.55. The first-order chi connectivity index (χ1) is 13.0. The van der Waals surface area contributed by atoms with Gasteiger partial charge in [0.05, 0.1) is 5.92 Å². The SMILES string of the molecule is CN(C)c1ncccc1CNC(=O)C1CCCN(Cc2cccc(F)c2)C1. The Morgan fingerprint density at radius 1 is 1.33 bits per heavy atom. The van der Waals surface area contributed by atoms with Crippen LogP contribution < -0.4 is 10.2 Å². The quantitative estimate of drug-likeness (QED) is 0.850. The molecule has 1 atom stereocenters. The van der Waals surface area contributed by atoms with E-state index in [4.69, 9.17) is 0 Å². The molecule has 1 unspecified atom stereocenters. The molecule has 1 aromatic carbocycles. The third-order valence-electron chi connectivity index (χ3n) is 4.92. The predicted molar refractivity (Wildman–Crippen MR) is 105 cm³/mol. The molecule has 1 amide bonds. The van der Waals surface area contributed by atoms with E-state index in [1.54, 1.807) is 18.3 Å². The van der Waals surface area contributed by atoms with Crippen LogP contribution in [0.1, 0.15) is 24.0 Å². The van der Waals surface area contributed by atoms with Crippen molar-refractivity contribution >= 4 is 11.7 Å². The van der Waals surface area contributed by atoms with Gasteiger partial charge in [0.15, 0.2) is 0 Å². The lowest BCUT2D eigenvalue weighted by Crippen LogP contribution is -2.42. The zero-order chi connectivity index (χ0) is 19.2. The van der Waals surface area contributed by atoms with E-state index in [0.717, 1.165) is 36.3 Å². The largest absolute Gasteiger partial charge is 0.362 e. The molecule has 2 aromatic rings. The van der Waals surface area contributed by atoms with E-state index in [9.17, 15) is 9.18 Å². The first-order valence-corrected chi connectivity index (χ1v) is 9.38. The number of anilines is 1. The van der Waals surface area contributed by atoms with Crippen molar-refractivity contribution < 1.29 is 9.18 Å². The molecule has 1 aliphatic rings. The highest BCUT2D eigenvalue weighted by Crippen LogP contribution is 2.20. The average Bonchev–Trinajstić information content (AvgIpc) is 2.66. The Morgan fingerprint density at radius 2 is 2.19 bits per heavy atom. The van der Waals surface area contributed by atoms with E-state index >= 15 is 0 Å². The molecule has 2 heterocycles. The second-order valence-corrected chi connectivity index (χ2v) is 7.30. The topological polar surface area (TPSA) is 48.5 Å². The highest BCUT2D eigenvalue weighted by molar-refractivity contribution is 5.79. The summed E-state index contributed by atoms with van der Waals surface area (Å²) in [5, 5.41) is 3.07. The number of likely N-dealkylation sites (tertiary alicyclic amines) is 1. The molecular weight excluding hydrogens is 343 g/mol. The number of aromatic nitrogens is 1. The molecule has 1 saturated heterocycles. The summed E-state index contributed by atoms with van der Waals surface area (Å²) in [6, 6.07) is 10.5. The second-order valence-electron chi connectivity index (χ2n) is 7.30. The summed E-state index contributed by atoms with van der Waals surface area (Å²) in [6.07, 6.45) is 3.62. The van der Waals surface area contributed by atoms with Crippen LogP contribution in [0.2, 0.25) is 0 Å². The van der Waals surface area contributed by atoms with E-state index in [1.165, 1.54) is 6.07 Å². The zero-order valence-corrected chi connectivity index (χ0v) is 16.0. The number of rotatable bonds is 6. The summed E-state index contributed by atoms with van der Waals surface area (Å²) < 4.78 is 13.4. The minimum Gasteiger partial charge on any atom is -0.362 e. The highest BCUT2D eigenvalue weighted by atomic mass is 19.1. The summed E-state index contributed by atoms with van der Waals surface area (Å²) in [5.74, 6) is 0.695. The zero-order valence-electron chi connectivity index (χ0n) is 16.0. The van der Waals surface area contributed by atoms with E-state index in [-0.39, 0.29) is 17.6 Å². The number of halogens is 1. The van der Waals surface area contributed by atoms with Gasteiger partial charge in [-0.05, 0) is 43.1 Å². The van der Waals surface area contributed by atoms with Gasteiger partial charge in [-0.1, -0.05) is 18.2 Å². The maximum Gasteiger partial charge on any atom is 0.224 e. The molecule has 6 heteroatoms. The molecule has 144 valence electrons. The number of hydrogen-bond donors (Lipinski definition) is 1. The van der Waals surface area contributed by atoms with Gasteiger partial charge in [0.25, 0.3) is 0 Å². The first-order valence-electron chi connectivity index (χ1n) is 9.38. The number of piperidine rings is 1. The van der Waals surface area contributed by atoms with E-state index in [1.807, 2.05) is 37.2 Å². The third-order valence-corrected chi connectivity index (χ3v) is 4.92. The van der Waals surface area contributed by atoms with Crippen molar-refractivity contribution in [1.29, 1.82) is 0 Å². The van der Waals surface area contributed by atoms with Crippen LogP contribution in [-0.4, -0.2) is 43.0 Å². The molecule has 0 radical (unpaired) electrons. The Hall–Kier alpha value is -2.47. The lowest BCUT2D eigenvalue weighted by Gasteiger charge is -2.32.